The number of hydrogen-bond donors (Lipinski definition) is 0. The zero-order valence-corrected chi connectivity index (χ0v) is 19.8. The van der Waals surface area contributed by atoms with Crippen LogP contribution in [-0.4, -0.2) is 48.7 Å². The summed E-state index contributed by atoms with van der Waals surface area (Å²) in [6.45, 7) is 9.65. The predicted molar refractivity (Wildman–Crippen MR) is 121 cm³/mol. The van der Waals surface area contributed by atoms with Crippen LogP contribution in [-0.2, 0) is 14.8 Å². The molecule has 2 aliphatic rings. The summed E-state index contributed by atoms with van der Waals surface area (Å²) in [6, 6.07) is 7.15. The largest absolute Gasteiger partial charge is 0.341 e. The highest BCUT2D eigenvalue weighted by Crippen LogP contribution is 2.37. The Morgan fingerprint density at radius 2 is 1.93 bits per heavy atom. The lowest BCUT2D eigenvalue weighted by Crippen LogP contribution is -2.53. The summed E-state index contributed by atoms with van der Waals surface area (Å²) >= 11 is 0. The van der Waals surface area contributed by atoms with Gasteiger partial charge in [0.2, 0.25) is 15.9 Å². The van der Waals surface area contributed by atoms with Crippen LogP contribution in [0.15, 0.2) is 29.2 Å². The molecule has 1 saturated heterocycles. The van der Waals surface area contributed by atoms with Gasteiger partial charge >= 0.3 is 0 Å². The minimum atomic E-state index is -3.56. The van der Waals surface area contributed by atoms with E-state index in [4.69, 9.17) is 0 Å². The van der Waals surface area contributed by atoms with E-state index in [1.807, 2.05) is 24.0 Å². The number of nitrogens with zero attached hydrogens (tertiary/aromatic N) is 2. The third-order valence-corrected chi connectivity index (χ3v) is 8.28. The van der Waals surface area contributed by atoms with Crippen molar-refractivity contribution in [2.75, 3.05) is 13.1 Å². The minimum absolute atomic E-state index is 0.0523. The number of sulfonamides is 1. The molecule has 0 radical (unpaired) electrons. The molecule has 1 saturated carbocycles. The Morgan fingerprint density at radius 1 is 1.20 bits per heavy atom. The van der Waals surface area contributed by atoms with E-state index in [9.17, 15) is 13.2 Å². The number of rotatable bonds is 9. The summed E-state index contributed by atoms with van der Waals surface area (Å²) in [7, 11) is -3.56. The molecule has 2 atom stereocenters. The molecule has 1 aliphatic heterocycles. The summed E-state index contributed by atoms with van der Waals surface area (Å²) in [5.74, 6) is 0.756. The first-order valence-corrected chi connectivity index (χ1v) is 13.1. The van der Waals surface area contributed by atoms with Crippen molar-refractivity contribution >= 4 is 15.9 Å². The molecule has 1 unspecified atom stereocenters. The fraction of sp³-hybridized carbons (Fsp3) is 0.708. The summed E-state index contributed by atoms with van der Waals surface area (Å²) in [5, 5.41) is 0. The fourth-order valence-electron chi connectivity index (χ4n) is 4.80. The molecule has 0 N–H and O–H groups in total. The Morgan fingerprint density at radius 3 is 2.53 bits per heavy atom. The van der Waals surface area contributed by atoms with Gasteiger partial charge in [0, 0.05) is 31.1 Å². The Hall–Kier alpha value is -1.40. The van der Waals surface area contributed by atoms with Gasteiger partial charge < -0.3 is 4.90 Å². The molecule has 3 rings (SSSR count). The van der Waals surface area contributed by atoms with E-state index in [1.165, 1.54) is 0 Å². The maximum atomic E-state index is 13.5. The molecule has 5 nitrogen and oxygen atoms in total. The van der Waals surface area contributed by atoms with Crippen LogP contribution in [0.25, 0.3) is 0 Å². The van der Waals surface area contributed by atoms with Gasteiger partial charge in [-0.05, 0) is 69.1 Å². The zero-order chi connectivity index (χ0) is 21.9. The summed E-state index contributed by atoms with van der Waals surface area (Å²) in [5.41, 5.74) is 0.948. The zero-order valence-electron chi connectivity index (χ0n) is 19.0. The molecule has 1 aromatic carbocycles. The Kier molecular flexibility index (Phi) is 7.61. The van der Waals surface area contributed by atoms with Crippen LogP contribution in [0, 0.1) is 18.8 Å². The van der Waals surface area contributed by atoms with Gasteiger partial charge in [-0.15, -0.1) is 0 Å². The standard InChI is InChI=1S/C24H38N2O3S/c1-5-8-20(15-18(2)3)24(27)25-14-7-10-22(17-25)26(21-12-13-21)30(28,29)23-11-6-9-19(4)16-23/h6,9,11,16,18,20-22H,5,7-8,10,12-15,17H2,1-4H3/t20-,22?/m0/s1. The van der Waals surface area contributed by atoms with Crippen molar-refractivity contribution < 1.29 is 13.2 Å². The third kappa shape index (κ3) is 5.44. The average molecular weight is 435 g/mol. The fourth-order valence-corrected chi connectivity index (χ4v) is 6.79. The van der Waals surface area contributed by atoms with Crippen LogP contribution in [0.4, 0.5) is 0 Å². The van der Waals surface area contributed by atoms with Crippen molar-refractivity contribution in [1.29, 1.82) is 0 Å². The van der Waals surface area contributed by atoms with Gasteiger partial charge in [0.1, 0.15) is 0 Å². The number of amides is 1. The lowest BCUT2D eigenvalue weighted by molar-refractivity contribution is -0.138. The summed E-state index contributed by atoms with van der Waals surface area (Å²) in [4.78, 5) is 15.6. The maximum absolute atomic E-state index is 13.5. The van der Waals surface area contributed by atoms with E-state index >= 15 is 0 Å². The van der Waals surface area contributed by atoms with Crippen molar-refractivity contribution in [3.05, 3.63) is 29.8 Å². The highest BCUT2D eigenvalue weighted by Gasteiger charge is 2.44. The molecule has 0 spiro atoms. The van der Waals surface area contributed by atoms with Gasteiger partial charge in [0.25, 0.3) is 0 Å². The number of piperidine rings is 1. The quantitative estimate of drug-likeness (QED) is 0.571. The Bertz CT molecular complexity index is 833. The van der Waals surface area contributed by atoms with Crippen molar-refractivity contribution in [3.63, 3.8) is 0 Å². The third-order valence-electron chi connectivity index (χ3n) is 6.28. The molecule has 1 aromatic rings. The van der Waals surface area contributed by atoms with Gasteiger partial charge in [0.05, 0.1) is 4.90 Å². The lowest BCUT2D eigenvalue weighted by atomic mass is 9.91. The first kappa shape index (κ1) is 23.3. The summed E-state index contributed by atoms with van der Waals surface area (Å²) < 4.78 is 28.8. The Labute approximate surface area is 182 Å². The van der Waals surface area contributed by atoms with Crippen LogP contribution < -0.4 is 0 Å². The molecule has 1 aliphatic carbocycles. The predicted octanol–water partition coefficient (Wildman–Crippen LogP) is 4.60. The second kappa shape index (κ2) is 9.82. The molecular weight excluding hydrogens is 396 g/mol. The average Bonchev–Trinajstić information content (AvgIpc) is 3.52. The van der Waals surface area contributed by atoms with E-state index in [2.05, 4.69) is 20.8 Å². The number of carbonyl (C=O) groups is 1. The van der Waals surface area contributed by atoms with Crippen LogP contribution >= 0.6 is 0 Å². The number of benzene rings is 1. The summed E-state index contributed by atoms with van der Waals surface area (Å²) in [6.07, 6.45) is 6.34. The van der Waals surface area contributed by atoms with Crippen LogP contribution in [0.5, 0.6) is 0 Å². The van der Waals surface area contributed by atoms with E-state index in [0.29, 0.717) is 17.4 Å². The number of hydrogen-bond acceptors (Lipinski definition) is 3. The number of aryl methyl sites for hydroxylation is 1. The monoisotopic (exact) mass is 434 g/mol. The smallest absolute Gasteiger partial charge is 0.243 e. The minimum Gasteiger partial charge on any atom is -0.341 e. The maximum Gasteiger partial charge on any atom is 0.243 e. The van der Waals surface area contributed by atoms with Crippen molar-refractivity contribution in [2.24, 2.45) is 11.8 Å². The molecule has 6 heteroatoms. The van der Waals surface area contributed by atoms with Crippen LogP contribution in [0.3, 0.4) is 0 Å². The number of likely N-dealkylation sites (tertiary alicyclic amines) is 1. The molecule has 30 heavy (non-hydrogen) atoms. The molecular formula is C24H38N2O3S. The van der Waals surface area contributed by atoms with Gasteiger partial charge in [-0.2, -0.15) is 4.31 Å². The molecule has 1 heterocycles. The van der Waals surface area contributed by atoms with Crippen molar-refractivity contribution in [3.8, 4) is 0 Å². The van der Waals surface area contributed by atoms with Gasteiger partial charge in [-0.1, -0.05) is 39.3 Å². The first-order valence-electron chi connectivity index (χ1n) is 11.6. The van der Waals surface area contributed by atoms with E-state index in [-0.39, 0.29) is 23.9 Å². The second-order valence-corrected chi connectivity index (χ2v) is 11.4. The van der Waals surface area contributed by atoms with Gasteiger partial charge in [0.15, 0.2) is 0 Å². The topological polar surface area (TPSA) is 57.7 Å². The molecule has 168 valence electrons. The molecule has 0 bridgehead atoms. The van der Waals surface area contributed by atoms with E-state index in [1.54, 1.807) is 16.4 Å². The second-order valence-electron chi connectivity index (χ2n) is 9.58. The van der Waals surface area contributed by atoms with Crippen molar-refractivity contribution in [1.82, 2.24) is 9.21 Å². The van der Waals surface area contributed by atoms with Gasteiger partial charge in [-0.3, -0.25) is 4.79 Å². The molecule has 0 aromatic heterocycles. The van der Waals surface area contributed by atoms with Crippen LogP contribution in [0.1, 0.15) is 71.3 Å². The van der Waals surface area contributed by atoms with Crippen LogP contribution in [0.2, 0.25) is 0 Å². The van der Waals surface area contributed by atoms with E-state index in [0.717, 1.165) is 57.1 Å². The Balaban J connectivity index is 1.80. The lowest BCUT2D eigenvalue weighted by Gasteiger charge is -2.40. The normalized spacial score (nSPS) is 21.3. The van der Waals surface area contributed by atoms with Gasteiger partial charge in [-0.25, -0.2) is 8.42 Å². The number of carbonyl (C=O) groups excluding carboxylic acids is 1. The SMILES string of the molecule is CCC[C@@H](CC(C)C)C(=O)N1CCCC(N(C2CC2)S(=O)(=O)c2cccc(C)c2)C1. The highest BCUT2D eigenvalue weighted by molar-refractivity contribution is 7.89. The molecule has 1 amide bonds. The van der Waals surface area contributed by atoms with E-state index < -0.39 is 10.0 Å². The van der Waals surface area contributed by atoms with Crippen molar-refractivity contribution in [2.45, 2.75) is 89.6 Å². The first-order chi connectivity index (χ1) is 14.2. The molecule has 2 fully saturated rings. The highest BCUT2D eigenvalue weighted by atomic mass is 32.2.